The molecule has 3 N–H and O–H groups in total. The Morgan fingerprint density at radius 3 is 2.50 bits per heavy atom. The predicted molar refractivity (Wildman–Crippen MR) is 153 cm³/mol. The van der Waals surface area contributed by atoms with Crippen molar-refractivity contribution in [2.45, 2.75) is 39.5 Å². The van der Waals surface area contributed by atoms with E-state index in [-0.39, 0.29) is 19.2 Å². The molecule has 0 aliphatic carbocycles. The number of hydrogen-bond donors (Lipinski definition) is 3. The van der Waals surface area contributed by atoms with E-state index in [4.69, 9.17) is 23.2 Å². The van der Waals surface area contributed by atoms with Gasteiger partial charge in [0.05, 0.1) is 29.0 Å². The Kier molecular flexibility index (Phi) is 7.63. The molecule has 200 valence electrons. The second-order valence-corrected chi connectivity index (χ2v) is 10.5. The molecule has 38 heavy (non-hydrogen) atoms. The maximum atomic E-state index is 13.4. The Morgan fingerprint density at radius 2 is 1.84 bits per heavy atom. The number of nitrogens with zero attached hydrogens (tertiary/aromatic N) is 5. The molecule has 2 atom stereocenters. The van der Waals surface area contributed by atoms with Gasteiger partial charge in [0, 0.05) is 54.9 Å². The van der Waals surface area contributed by atoms with E-state index in [9.17, 15) is 9.90 Å². The number of aliphatic hydroxyl groups is 1. The van der Waals surface area contributed by atoms with Gasteiger partial charge in [0.1, 0.15) is 11.4 Å². The summed E-state index contributed by atoms with van der Waals surface area (Å²) < 4.78 is 0. The minimum atomic E-state index is -0.266. The normalized spacial score (nSPS) is 19.5. The number of benzene rings is 2. The highest BCUT2D eigenvalue weighted by Crippen LogP contribution is 2.38. The topological polar surface area (TPSA) is 96.9 Å². The highest BCUT2D eigenvalue weighted by molar-refractivity contribution is 6.40. The third-order valence-electron chi connectivity index (χ3n) is 6.85. The van der Waals surface area contributed by atoms with Crippen LogP contribution in [-0.4, -0.2) is 59.4 Å². The molecule has 2 aromatic carbocycles. The Bertz CT molecular complexity index is 1320. The number of nitrogens with one attached hydrogen (secondary N) is 2. The van der Waals surface area contributed by atoms with Gasteiger partial charge < -0.3 is 25.5 Å². The second-order valence-electron chi connectivity index (χ2n) is 9.73. The van der Waals surface area contributed by atoms with Crippen LogP contribution in [0, 0.1) is 0 Å². The maximum absolute atomic E-state index is 13.4. The van der Waals surface area contributed by atoms with Crippen LogP contribution in [0.4, 0.5) is 28.8 Å². The highest BCUT2D eigenvalue weighted by atomic mass is 35.5. The summed E-state index contributed by atoms with van der Waals surface area (Å²) in [6.45, 7) is 8.85. The van der Waals surface area contributed by atoms with Crippen LogP contribution in [0.15, 0.2) is 42.6 Å². The van der Waals surface area contributed by atoms with Gasteiger partial charge in [-0.3, -0.25) is 9.69 Å². The fraction of sp³-hybridized carbons (Fsp3) is 0.370. The van der Waals surface area contributed by atoms with Gasteiger partial charge in [0.2, 0.25) is 5.95 Å². The number of fused-ring (bicyclic) bond motifs is 1. The molecule has 0 saturated carbocycles. The van der Waals surface area contributed by atoms with Gasteiger partial charge in [0.15, 0.2) is 0 Å². The van der Waals surface area contributed by atoms with Crippen molar-refractivity contribution in [1.82, 2.24) is 15.3 Å². The fourth-order valence-corrected chi connectivity index (χ4v) is 5.79. The number of carbonyl (C=O) groups is 1. The standard InChI is InChI=1S/C27H31Cl2N7O2/c1-4-34-15-36(24-21(28)6-5-7-22(24)29)26(38)20-11-30-27(33-25(20)34)32-19-8-9-23(18(10-19)14-37)35-12-16(2)31-17(3)13-35/h5-11,16-17,31,37H,4,12-15H2,1-3H3,(H,30,32,33)/t16-,17+. The van der Waals surface area contributed by atoms with E-state index in [1.807, 2.05) is 30.0 Å². The van der Waals surface area contributed by atoms with Gasteiger partial charge in [-0.2, -0.15) is 4.98 Å². The van der Waals surface area contributed by atoms with E-state index >= 15 is 0 Å². The summed E-state index contributed by atoms with van der Waals surface area (Å²) in [4.78, 5) is 28.3. The Morgan fingerprint density at radius 1 is 1.13 bits per heavy atom. The molecule has 2 aliphatic heterocycles. The van der Waals surface area contributed by atoms with E-state index < -0.39 is 0 Å². The molecule has 3 aromatic rings. The van der Waals surface area contributed by atoms with Crippen LogP contribution in [0.5, 0.6) is 0 Å². The SMILES string of the molecule is CCN1CN(c2c(Cl)cccc2Cl)C(=O)c2cnc(Nc3ccc(N4C[C@@H](C)N[C@@H](C)C4)c(CO)c3)nc21. The van der Waals surface area contributed by atoms with Crippen molar-refractivity contribution in [2.75, 3.05) is 46.3 Å². The van der Waals surface area contributed by atoms with Crippen LogP contribution >= 0.6 is 23.2 Å². The Hall–Kier alpha value is -3.11. The molecule has 0 radical (unpaired) electrons. The van der Waals surface area contributed by atoms with Crippen molar-refractivity contribution >= 4 is 57.9 Å². The van der Waals surface area contributed by atoms with Crippen molar-refractivity contribution in [3.8, 4) is 0 Å². The average molecular weight is 556 g/mol. The molecular formula is C27H31Cl2N7O2. The van der Waals surface area contributed by atoms with Gasteiger partial charge in [-0.15, -0.1) is 0 Å². The summed E-state index contributed by atoms with van der Waals surface area (Å²) in [5.41, 5.74) is 3.44. The first-order valence-electron chi connectivity index (χ1n) is 12.7. The number of halogens is 2. The van der Waals surface area contributed by atoms with E-state index in [1.54, 1.807) is 23.1 Å². The number of aromatic nitrogens is 2. The largest absolute Gasteiger partial charge is 0.392 e. The number of rotatable bonds is 6. The van der Waals surface area contributed by atoms with Gasteiger partial charge in [0.25, 0.3) is 5.91 Å². The van der Waals surface area contributed by atoms with Crippen molar-refractivity contribution in [2.24, 2.45) is 0 Å². The number of para-hydroxylation sites is 1. The van der Waals surface area contributed by atoms with Crippen LogP contribution < -0.4 is 25.3 Å². The molecule has 9 nitrogen and oxygen atoms in total. The first kappa shape index (κ1) is 26.5. The van der Waals surface area contributed by atoms with E-state index in [1.165, 1.54) is 6.20 Å². The number of anilines is 5. The summed E-state index contributed by atoms with van der Waals surface area (Å²) in [6.07, 6.45) is 1.53. The molecule has 0 bridgehead atoms. The lowest BCUT2D eigenvalue weighted by Gasteiger charge is -2.38. The van der Waals surface area contributed by atoms with Gasteiger partial charge in [-0.25, -0.2) is 4.98 Å². The Labute approximate surface area is 232 Å². The summed E-state index contributed by atoms with van der Waals surface area (Å²) in [5.74, 6) is 0.634. The highest BCUT2D eigenvalue weighted by Gasteiger charge is 2.33. The monoisotopic (exact) mass is 555 g/mol. The number of aliphatic hydroxyl groups excluding tert-OH is 1. The van der Waals surface area contributed by atoms with E-state index in [0.717, 1.165) is 30.0 Å². The van der Waals surface area contributed by atoms with Gasteiger partial charge in [-0.05, 0) is 51.1 Å². The van der Waals surface area contributed by atoms with Crippen molar-refractivity contribution in [3.63, 3.8) is 0 Å². The van der Waals surface area contributed by atoms with Crippen molar-refractivity contribution in [1.29, 1.82) is 0 Å². The molecule has 1 amide bonds. The molecule has 1 saturated heterocycles. The molecule has 0 unspecified atom stereocenters. The molecule has 2 aliphatic rings. The summed E-state index contributed by atoms with van der Waals surface area (Å²) in [5, 5.41) is 17.7. The van der Waals surface area contributed by atoms with Crippen LogP contribution in [-0.2, 0) is 6.61 Å². The smallest absolute Gasteiger partial charge is 0.265 e. The van der Waals surface area contributed by atoms with Crippen LogP contribution in [0.1, 0.15) is 36.7 Å². The zero-order chi connectivity index (χ0) is 27.0. The lowest BCUT2D eigenvalue weighted by Crippen LogP contribution is -2.54. The van der Waals surface area contributed by atoms with Crippen molar-refractivity contribution in [3.05, 3.63) is 63.8 Å². The first-order chi connectivity index (χ1) is 18.3. The van der Waals surface area contributed by atoms with E-state index in [2.05, 4.69) is 39.3 Å². The molecule has 0 spiro atoms. The van der Waals surface area contributed by atoms with Gasteiger partial charge >= 0.3 is 0 Å². The third kappa shape index (κ3) is 5.11. The quantitative estimate of drug-likeness (QED) is 0.404. The summed E-state index contributed by atoms with van der Waals surface area (Å²) in [6, 6.07) is 11.8. The number of piperazine rings is 1. The minimum absolute atomic E-state index is 0.0822. The second kappa shape index (κ2) is 10.9. The molecular weight excluding hydrogens is 525 g/mol. The number of amides is 1. The van der Waals surface area contributed by atoms with E-state index in [0.29, 0.717) is 51.7 Å². The molecule has 1 aromatic heterocycles. The lowest BCUT2D eigenvalue weighted by atomic mass is 10.1. The molecule has 5 rings (SSSR count). The minimum Gasteiger partial charge on any atom is -0.392 e. The fourth-order valence-electron chi connectivity index (χ4n) is 5.19. The average Bonchev–Trinajstić information content (AvgIpc) is 2.89. The lowest BCUT2D eigenvalue weighted by molar-refractivity contribution is 0.0981. The zero-order valence-corrected chi connectivity index (χ0v) is 23.1. The van der Waals surface area contributed by atoms with Crippen molar-refractivity contribution < 1.29 is 9.90 Å². The predicted octanol–water partition coefficient (Wildman–Crippen LogP) is 4.65. The molecule has 3 heterocycles. The molecule has 11 heteroatoms. The maximum Gasteiger partial charge on any atom is 0.265 e. The summed E-state index contributed by atoms with van der Waals surface area (Å²) >= 11 is 12.8. The van der Waals surface area contributed by atoms with Gasteiger partial charge in [-0.1, -0.05) is 29.3 Å². The third-order valence-corrected chi connectivity index (χ3v) is 7.46. The van der Waals surface area contributed by atoms with Crippen LogP contribution in [0.3, 0.4) is 0 Å². The summed E-state index contributed by atoms with van der Waals surface area (Å²) in [7, 11) is 0. The zero-order valence-electron chi connectivity index (χ0n) is 21.6. The molecule has 1 fully saturated rings. The Balaban J connectivity index is 1.41. The van der Waals surface area contributed by atoms with Crippen LogP contribution in [0.25, 0.3) is 0 Å². The number of hydrogen-bond acceptors (Lipinski definition) is 8. The first-order valence-corrected chi connectivity index (χ1v) is 13.4. The van der Waals surface area contributed by atoms with Crippen LogP contribution in [0.2, 0.25) is 10.0 Å². The number of carbonyl (C=O) groups excluding carboxylic acids is 1.